The molecule has 0 fully saturated rings. The van der Waals surface area contributed by atoms with Gasteiger partial charge in [0.05, 0.1) is 49.9 Å². The Labute approximate surface area is 193 Å². The van der Waals surface area contributed by atoms with Crippen LogP contribution in [0, 0.1) is 0 Å². The van der Waals surface area contributed by atoms with Gasteiger partial charge in [0.2, 0.25) is 0 Å². The zero-order valence-corrected chi connectivity index (χ0v) is 20.1. The second-order valence-electron chi connectivity index (χ2n) is 8.40. The largest absolute Gasteiger partial charge is 0.496 e. The summed E-state index contributed by atoms with van der Waals surface area (Å²) in [5.74, 6) is 1.22. The van der Waals surface area contributed by atoms with Crippen LogP contribution in [-0.4, -0.2) is 49.7 Å². The summed E-state index contributed by atoms with van der Waals surface area (Å²) in [5.41, 5.74) is 3.47. The van der Waals surface area contributed by atoms with Crippen molar-refractivity contribution in [3.8, 4) is 22.8 Å². The molecule has 2 aromatic heterocycles. The van der Waals surface area contributed by atoms with Crippen LogP contribution in [0.5, 0.6) is 11.5 Å². The lowest BCUT2D eigenvalue weighted by Gasteiger charge is -2.19. The highest BCUT2D eigenvalue weighted by atomic mass is 16.6. The van der Waals surface area contributed by atoms with E-state index in [1.807, 2.05) is 51.1 Å². The number of hydrogen-bond donors (Lipinski definition) is 1. The lowest BCUT2D eigenvalue weighted by atomic mass is 10.0. The van der Waals surface area contributed by atoms with Crippen molar-refractivity contribution in [2.75, 3.05) is 33.8 Å². The number of pyridine rings is 1. The number of nitrogens with one attached hydrogen (secondary N) is 1. The van der Waals surface area contributed by atoms with Gasteiger partial charge in [-0.25, -0.2) is 9.31 Å². The number of ether oxygens (including phenoxy) is 5. The Morgan fingerprint density at radius 3 is 2.18 bits per heavy atom. The maximum absolute atomic E-state index is 12.5. The Kier molecular flexibility index (Phi) is 7.45. The maximum atomic E-state index is 12.5. The van der Waals surface area contributed by atoms with E-state index < -0.39 is 11.7 Å². The molecular formula is C24H31N3O6. The molecule has 0 aliphatic heterocycles. The van der Waals surface area contributed by atoms with E-state index in [1.54, 1.807) is 33.0 Å². The standard InChI is InChI=1S/C24H31N3O6/c1-24(2,3)33-23(28)25-22-16(14-30-5)26-27-17(9-8-10-18(22)27)21-19(31-6)11-15(13-29-4)12-20(21)32-7/h8-12H,13-14H2,1-7H3,(H,25,28). The fourth-order valence-electron chi connectivity index (χ4n) is 3.55. The van der Waals surface area contributed by atoms with E-state index in [0.717, 1.165) is 16.8 Å². The molecule has 3 aromatic rings. The minimum atomic E-state index is -0.635. The third-order valence-corrected chi connectivity index (χ3v) is 4.77. The van der Waals surface area contributed by atoms with Crippen LogP contribution in [0.15, 0.2) is 30.3 Å². The van der Waals surface area contributed by atoms with E-state index in [2.05, 4.69) is 5.32 Å². The summed E-state index contributed by atoms with van der Waals surface area (Å²) in [7, 11) is 6.41. The zero-order valence-electron chi connectivity index (χ0n) is 20.1. The van der Waals surface area contributed by atoms with E-state index in [0.29, 0.717) is 35.0 Å². The molecule has 9 heteroatoms. The van der Waals surface area contributed by atoms with Crippen LogP contribution in [0.3, 0.4) is 0 Å². The van der Waals surface area contributed by atoms with Gasteiger partial charge in [-0.15, -0.1) is 0 Å². The first-order chi connectivity index (χ1) is 15.7. The molecule has 1 amide bonds. The fraction of sp³-hybridized carbons (Fsp3) is 0.417. The predicted octanol–water partition coefficient (Wildman–Crippen LogP) is 4.66. The summed E-state index contributed by atoms with van der Waals surface area (Å²) >= 11 is 0. The number of carbonyl (C=O) groups excluding carboxylic acids is 1. The summed E-state index contributed by atoms with van der Waals surface area (Å²) in [6, 6.07) is 9.45. The van der Waals surface area contributed by atoms with Gasteiger partial charge in [-0.3, -0.25) is 5.32 Å². The highest BCUT2D eigenvalue weighted by Crippen LogP contribution is 2.41. The van der Waals surface area contributed by atoms with Gasteiger partial charge in [0.25, 0.3) is 0 Å². The van der Waals surface area contributed by atoms with Crippen molar-refractivity contribution in [3.05, 3.63) is 41.6 Å². The minimum absolute atomic E-state index is 0.202. The molecule has 2 heterocycles. The Morgan fingerprint density at radius 2 is 1.64 bits per heavy atom. The molecule has 1 N–H and O–H groups in total. The maximum Gasteiger partial charge on any atom is 0.412 e. The molecule has 0 aliphatic rings. The quantitative estimate of drug-likeness (QED) is 0.526. The SMILES string of the molecule is COCc1cc(OC)c(-c2cccc3c(NC(=O)OC(C)(C)C)c(COC)nn23)c(OC)c1. The van der Waals surface area contributed by atoms with Crippen LogP contribution in [0.4, 0.5) is 10.5 Å². The highest BCUT2D eigenvalue weighted by molar-refractivity contribution is 5.93. The van der Waals surface area contributed by atoms with Crippen molar-refractivity contribution in [2.45, 2.75) is 39.6 Å². The normalized spacial score (nSPS) is 11.5. The number of methoxy groups -OCH3 is 4. The summed E-state index contributed by atoms with van der Waals surface area (Å²) in [4.78, 5) is 12.5. The second-order valence-corrected chi connectivity index (χ2v) is 8.40. The van der Waals surface area contributed by atoms with Crippen molar-refractivity contribution in [1.29, 1.82) is 0 Å². The minimum Gasteiger partial charge on any atom is -0.496 e. The number of rotatable bonds is 8. The van der Waals surface area contributed by atoms with E-state index >= 15 is 0 Å². The average molecular weight is 458 g/mol. The molecule has 0 spiro atoms. The first kappa shape index (κ1) is 24.3. The third-order valence-electron chi connectivity index (χ3n) is 4.77. The molecule has 0 saturated carbocycles. The van der Waals surface area contributed by atoms with Gasteiger partial charge in [-0.2, -0.15) is 5.10 Å². The number of benzene rings is 1. The van der Waals surface area contributed by atoms with Crippen molar-refractivity contribution < 1.29 is 28.5 Å². The predicted molar refractivity (Wildman–Crippen MR) is 125 cm³/mol. The molecule has 0 aliphatic carbocycles. The third kappa shape index (κ3) is 5.37. The van der Waals surface area contributed by atoms with E-state index in [-0.39, 0.29) is 6.61 Å². The molecular weight excluding hydrogens is 426 g/mol. The van der Waals surface area contributed by atoms with Crippen LogP contribution in [0.2, 0.25) is 0 Å². The number of nitrogens with zero attached hydrogens (tertiary/aromatic N) is 2. The molecule has 0 radical (unpaired) electrons. The van der Waals surface area contributed by atoms with Gasteiger partial charge in [-0.05, 0) is 50.6 Å². The molecule has 9 nitrogen and oxygen atoms in total. The van der Waals surface area contributed by atoms with Gasteiger partial charge in [-0.1, -0.05) is 6.07 Å². The van der Waals surface area contributed by atoms with E-state index in [4.69, 9.17) is 28.8 Å². The monoisotopic (exact) mass is 457 g/mol. The Balaban J connectivity index is 2.20. The topological polar surface area (TPSA) is 92.6 Å². The van der Waals surface area contributed by atoms with Crippen molar-refractivity contribution in [3.63, 3.8) is 0 Å². The molecule has 0 saturated heterocycles. The van der Waals surface area contributed by atoms with Crippen molar-refractivity contribution >= 4 is 17.3 Å². The molecule has 1 aromatic carbocycles. The van der Waals surface area contributed by atoms with Crippen LogP contribution >= 0.6 is 0 Å². The summed E-state index contributed by atoms with van der Waals surface area (Å²) in [6.45, 7) is 6.04. The summed E-state index contributed by atoms with van der Waals surface area (Å²) in [5, 5.41) is 7.56. The number of carbonyl (C=O) groups is 1. The first-order valence-corrected chi connectivity index (χ1v) is 10.5. The van der Waals surface area contributed by atoms with Gasteiger partial charge >= 0.3 is 6.09 Å². The molecule has 178 valence electrons. The molecule has 33 heavy (non-hydrogen) atoms. The van der Waals surface area contributed by atoms with Crippen LogP contribution in [0.1, 0.15) is 32.0 Å². The van der Waals surface area contributed by atoms with Crippen LogP contribution in [0.25, 0.3) is 16.8 Å². The van der Waals surface area contributed by atoms with Gasteiger partial charge in [0.15, 0.2) is 0 Å². The lowest BCUT2D eigenvalue weighted by Crippen LogP contribution is -2.27. The zero-order chi connectivity index (χ0) is 24.2. The molecule has 0 bridgehead atoms. The first-order valence-electron chi connectivity index (χ1n) is 10.5. The average Bonchev–Trinajstić information content (AvgIpc) is 3.09. The Morgan fingerprint density at radius 1 is 1.00 bits per heavy atom. The number of fused-ring (bicyclic) bond motifs is 1. The molecule has 0 unspecified atom stereocenters. The Bertz CT molecular complexity index is 1110. The summed E-state index contributed by atoms with van der Waals surface area (Å²) in [6.07, 6.45) is -0.570. The number of amides is 1. The molecule has 3 rings (SSSR count). The van der Waals surface area contributed by atoms with Gasteiger partial charge in [0.1, 0.15) is 22.8 Å². The lowest BCUT2D eigenvalue weighted by molar-refractivity contribution is 0.0635. The van der Waals surface area contributed by atoms with Crippen molar-refractivity contribution in [2.24, 2.45) is 0 Å². The fourth-order valence-corrected chi connectivity index (χ4v) is 3.55. The van der Waals surface area contributed by atoms with Crippen LogP contribution < -0.4 is 14.8 Å². The number of anilines is 1. The second kappa shape index (κ2) is 10.1. The van der Waals surface area contributed by atoms with E-state index in [9.17, 15) is 4.79 Å². The Hall–Kier alpha value is -3.30. The summed E-state index contributed by atoms with van der Waals surface area (Å²) < 4.78 is 29.1. The van der Waals surface area contributed by atoms with Gasteiger partial charge < -0.3 is 23.7 Å². The van der Waals surface area contributed by atoms with E-state index in [1.165, 1.54) is 0 Å². The smallest absolute Gasteiger partial charge is 0.412 e. The van der Waals surface area contributed by atoms with Crippen LogP contribution in [-0.2, 0) is 27.4 Å². The molecule has 0 atom stereocenters. The number of hydrogen-bond acceptors (Lipinski definition) is 7. The number of aromatic nitrogens is 2. The van der Waals surface area contributed by atoms with Crippen molar-refractivity contribution in [1.82, 2.24) is 9.61 Å². The highest BCUT2D eigenvalue weighted by Gasteiger charge is 2.23. The van der Waals surface area contributed by atoms with Gasteiger partial charge in [0, 0.05) is 14.2 Å².